The number of carbonyl (C=O) groups is 2. The Morgan fingerprint density at radius 2 is 1.58 bits per heavy atom. The first kappa shape index (κ1) is 21.7. The molecular formula is C28H31NO4. The van der Waals surface area contributed by atoms with Crippen molar-refractivity contribution in [3.05, 3.63) is 71.8 Å². The number of fused-ring (bicyclic) bond motifs is 1. The van der Waals surface area contributed by atoms with Gasteiger partial charge >= 0.3 is 11.9 Å². The summed E-state index contributed by atoms with van der Waals surface area (Å²) in [6, 6.07) is 18.6. The van der Waals surface area contributed by atoms with Crippen LogP contribution in [0.1, 0.15) is 43.2 Å². The smallest absolute Gasteiger partial charge is 0.325 e. The highest BCUT2D eigenvalue weighted by molar-refractivity contribution is 6.05. The molecule has 2 fully saturated rings. The van der Waals surface area contributed by atoms with E-state index in [9.17, 15) is 9.59 Å². The predicted molar refractivity (Wildman–Crippen MR) is 128 cm³/mol. The van der Waals surface area contributed by atoms with Crippen LogP contribution in [0.5, 0.6) is 0 Å². The first-order valence-corrected chi connectivity index (χ1v) is 11.7. The van der Waals surface area contributed by atoms with E-state index in [1.165, 1.54) is 19.8 Å². The minimum atomic E-state index is -1.41. The van der Waals surface area contributed by atoms with Crippen molar-refractivity contribution in [3.63, 3.8) is 0 Å². The van der Waals surface area contributed by atoms with E-state index in [0.717, 1.165) is 36.9 Å². The van der Waals surface area contributed by atoms with Crippen LogP contribution in [0.4, 0.5) is 5.69 Å². The van der Waals surface area contributed by atoms with Gasteiger partial charge in [0, 0.05) is 18.2 Å². The zero-order valence-electron chi connectivity index (χ0n) is 19.5. The summed E-state index contributed by atoms with van der Waals surface area (Å²) in [5.41, 5.74) is 0.886. The van der Waals surface area contributed by atoms with Gasteiger partial charge in [-0.2, -0.15) is 0 Å². The van der Waals surface area contributed by atoms with Crippen LogP contribution in [-0.4, -0.2) is 38.7 Å². The van der Waals surface area contributed by atoms with Gasteiger partial charge in [0.15, 0.2) is 5.41 Å². The molecule has 0 saturated heterocycles. The number of hydrogen-bond acceptors (Lipinski definition) is 5. The fourth-order valence-electron chi connectivity index (χ4n) is 7.59. The zero-order chi connectivity index (χ0) is 23.3. The molecule has 2 aromatic carbocycles. The third-order valence-electron chi connectivity index (χ3n) is 8.67. The van der Waals surface area contributed by atoms with Gasteiger partial charge in [0.2, 0.25) is 0 Å². The lowest BCUT2D eigenvalue weighted by atomic mass is 9.53. The van der Waals surface area contributed by atoms with E-state index in [1.807, 2.05) is 31.3 Å². The quantitative estimate of drug-likeness (QED) is 0.502. The minimum Gasteiger partial charge on any atom is -0.468 e. The molecule has 0 bridgehead atoms. The molecule has 3 atom stereocenters. The van der Waals surface area contributed by atoms with Crippen LogP contribution in [0.3, 0.4) is 0 Å². The average Bonchev–Trinajstić information content (AvgIpc) is 3.28. The Kier molecular flexibility index (Phi) is 5.11. The predicted octanol–water partition coefficient (Wildman–Crippen LogP) is 4.75. The van der Waals surface area contributed by atoms with E-state index in [0.29, 0.717) is 6.42 Å². The van der Waals surface area contributed by atoms with Gasteiger partial charge in [0.05, 0.1) is 19.8 Å². The lowest BCUT2D eigenvalue weighted by Crippen LogP contribution is -2.69. The maximum atomic E-state index is 13.7. The van der Waals surface area contributed by atoms with Crippen molar-refractivity contribution < 1.29 is 19.1 Å². The Labute approximate surface area is 195 Å². The van der Waals surface area contributed by atoms with Gasteiger partial charge in [-0.25, -0.2) is 0 Å². The number of anilines is 1. The van der Waals surface area contributed by atoms with Crippen LogP contribution in [-0.2, 0) is 24.5 Å². The van der Waals surface area contributed by atoms with Gasteiger partial charge < -0.3 is 14.4 Å². The van der Waals surface area contributed by atoms with E-state index in [2.05, 4.69) is 47.4 Å². The number of para-hydroxylation sites is 1. The second-order valence-electron chi connectivity index (χ2n) is 9.58. The van der Waals surface area contributed by atoms with Gasteiger partial charge in [0.1, 0.15) is 0 Å². The standard InChI is InChI=1S/C28H31NO4/c1-29-23-14-8-7-13-22(23)26-17-9-10-18-28(26,29)27(24(30)32-2,25(31)33-3)19-21(26)16-15-20-11-5-4-6-12-20/h4-8,11-16,21H,9-10,17-19H2,1-3H3/b16-15+/t21-,26-,28+/m1/s1. The van der Waals surface area contributed by atoms with Crippen LogP contribution in [0.2, 0.25) is 0 Å². The number of allylic oxidation sites excluding steroid dienone is 1. The second-order valence-corrected chi connectivity index (χ2v) is 9.58. The highest BCUT2D eigenvalue weighted by atomic mass is 16.5. The van der Waals surface area contributed by atoms with Crippen molar-refractivity contribution in [2.24, 2.45) is 11.3 Å². The van der Waals surface area contributed by atoms with Crippen molar-refractivity contribution in [2.45, 2.75) is 43.1 Å². The van der Waals surface area contributed by atoms with E-state index < -0.39 is 22.9 Å². The van der Waals surface area contributed by atoms with Crippen LogP contribution < -0.4 is 4.90 Å². The van der Waals surface area contributed by atoms with E-state index >= 15 is 0 Å². The molecule has 0 radical (unpaired) electrons. The van der Waals surface area contributed by atoms with Crippen LogP contribution in [0.25, 0.3) is 6.08 Å². The monoisotopic (exact) mass is 445 g/mol. The molecule has 1 aliphatic heterocycles. The number of hydrogen-bond donors (Lipinski definition) is 0. The number of ether oxygens (including phenoxy) is 2. The van der Waals surface area contributed by atoms with Crippen molar-refractivity contribution >= 4 is 23.7 Å². The lowest BCUT2D eigenvalue weighted by Gasteiger charge is -2.55. The Hall–Kier alpha value is -3.08. The lowest BCUT2D eigenvalue weighted by molar-refractivity contribution is -0.175. The van der Waals surface area contributed by atoms with Gasteiger partial charge in [-0.05, 0) is 42.4 Å². The number of nitrogens with zero attached hydrogens (tertiary/aromatic N) is 1. The molecule has 172 valence electrons. The zero-order valence-corrected chi connectivity index (χ0v) is 19.5. The van der Waals surface area contributed by atoms with E-state index in [-0.39, 0.29) is 11.3 Å². The summed E-state index contributed by atoms with van der Waals surface area (Å²) >= 11 is 0. The third-order valence-corrected chi connectivity index (χ3v) is 8.67. The van der Waals surface area contributed by atoms with Crippen molar-refractivity contribution in [2.75, 3.05) is 26.2 Å². The molecule has 0 N–H and O–H groups in total. The molecule has 0 unspecified atom stereocenters. The molecule has 2 aromatic rings. The van der Waals surface area contributed by atoms with Crippen molar-refractivity contribution in [3.8, 4) is 0 Å². The molecule has 0 spiro atoms. The number of carbonyl (C=O) groups excluding carboxylic acids is 2. The number of likely N-dealkylation sites (N-methyl/N-ethyl adjacent to an activating group) is 1. The Morgan fingerprint density at radius 1 is 0.939 bits per heavy atom. The molecular weight excluding hydrogens is 414 g/mol. The highest BCUT2D eigenvalue weighted by Gasteiger charge is 2.82. The summed E-state index contributed by atoms with van der Waals surface area (Å²) in [6.45, 7) is 0. The molecule has 5 nitrogen and oxygen atoms in total. The summed E-state index contributed by atoms with van der Waals surface area (Å²) < 4.78 is 10.8. The molecule has 33 heavy (non-hydrogen) atoms. The SMILES string of the molecule is COC(=O)C1(C(=O)OC)C[C@@H](/C=C/c2ccccc2)[C@@]23CCCC[C@@]12N(C)c1ccccc13. The minimum absolute atomic E-state index is 0.0256. The van der Waals surface area contributed by atoms with E-state index in [4.69, 9.17) is 9.47 Å². The maximum absolute atomic E-state index is 13.7. The Balaban J connectivity index is 1.80. The number of rotatable bonds is 4. The maximum Gasteiger partial charge on any atom is 0.325 e. The normalized spacial score (nSPS) is 29.3. The molecule has 5 heteroatoms. The fourth-order valence-corrected chi connectivity index (χ4v) is 7.59. The molecule has 0 amide bonds. The van der Waals surface area contributed by atoms with Gasteiger partial charge in [0.25, 0.3) is 0 Å². The second kappa shape index (κ2) is 7.75. The summed E-state index contributed by atoms with van der Waals surface area (Å²) in [4.78, 5) is 29.5. The van der Waals surface area contributed by atoms with Gasteiger partial charge in [-0.1, -0.05) is 73.5 Å². The molecule has 5 rings (SSSR count). The number of methoxy groups -OCH3 is 2. The summed E-state index contributed by atoms with van der Waals surface area (Å²) in [7, 11) is 4.79. The van der Waals surface area contributed by atoms with Gasteiger partial charge in [-0.3, -0.25) is 9.59 Å². The summed E-state index contributed by atoms with van der Waals surface area (Å²) in [5.74, 6) is -1.01. The molecule has 3 aliphatic rings. The molecule has 2 saturated carbocycles. The Bertz CT molecular complexity index is 1090. The largest absolute Gasteiger partial charge is 0.468 e. The topological polar surface area (TPSA) is 55.8 Å². The first-order valence-electron chi connectivity index (χ1n) is 11.7. The van der Waals surface area contributed by atoms with Crippen LogP contribution in [0, 0.1) is 11.3 Å². The number of esters is 2. The highest BCUT2D eigenvalue weighted by Crippen LogP contribution is 2.74. The third kappa shape index (κ3) is 2.54. The molecule has 1 heterocycles. The molecule has 2 aliphatic carbocycles. The molecule has 0 aromatic heterocycles. The average molecular weight is 446 g/mol. The van der Waals surface area contributed by atoms with Crippen LogP contribution in [0.15, 0.2) is 60.7 Å². The van der Waals surface area contributed by atoms with Gasteiger partial charge in [-0.15, -0.1) is 0 Å². The summed E-state index contributed by atoms with van der Waals surface area (Å²) in [6.07, 6.45) is 8.37. The van der Waals surface area contributed by atoms with Crippen molar-refractivity contribution in [1.82, 2.24) is 0 Å². The fraction of sp³-hybridized carbons (Fsp3) is 0.429. The van der Waals surface area contributed by atoms with Crippen LogP contribution >= 0.6 is 0 Å². The van der Waals surface area contributed by atoms with Crippen molar-refractivity contribution in [1.29, 1.82) is 0 Å². The summed E-state index contributed by atoms with van der Waals surface area (Å²) in [5, 5.41) is 0. The number of benzene rings is 2. The van der Waals surface area contributed by atoms with E-state index in [1.54, 1.807) is 0 Å². The Morgan fingerprint density at radius 3 is 2.27 bits per heavy atom. The first-order chi connectivity index (χ1) is 16.0.